The second-order valence-electron chi connectivity index (χ2n) is 7.66. The van der Waals surface area contributed by atoms with Gasteiger partial charge in [-0.05, 0) is 31.2 Å². The first kappa shape index (κ1) is 16.6. The van der Waals surface area contributed by atoms with Crippen LogP contribution in [-0.2, 0) is 25.6 Å². The van der Waals surface area contributed by atoms with Crippen LogP contribution in [0.3, 0.4) is 0 Å². The van der Waals surface area contributed by atoms with Crippen LogP contribution >= 0.6 is 0 Å². The molecule has 1 aromatic carbocycles. The van der Waals surface area contributed by atoms with Crippen LogP contribution in [-0.4, -0.2) is 34.7 Å². The molecule has 25 heavy (non-hydrogen) atoms. The van der Waals surface area contributed by atoms with Gasteiger partial charge in [-0.3, -0.25) is 4.79 Å². The molecule has 4 rings (SSSR count). The number of esters is 1. The van der Waals surface area contributed by atoms with Crippen molar-refractivity contribution in [2.45, 2.75) is 57.4 Å². The molecule has 5 nitrogen and oxygen atoms in total. The molecule has 3 fully saturated rings. The van der Waals surface area contributed by atoms with E-state index in [1.807, 2.05) is 35.2 Å². The summed E-state index contributed by atoms with van der Waals surface area (Å²) in [6.45, 7) is 4.69. The second kappa shape index (κ2) is 5.84. The van der Waals surface area contributed by atoms with E-state index in [-0.39, 0.29) is 18.4 Å². The van der Waals surface area contributed by atoms with Crippen molar-refractivity contribution in [2.75, 3.05) is 6.61 Å². The van der Waals surface area contributed by atoms with Gasteiger partial charge in [0.1, 0.15) is 5.72 Å². The Bertz CT molecular complexity index is 690. The lowest BCUT2D eigenvalue weighted by molar-refractivity contribution is -0.176. The van der Waals surface area contributed by atoms with Gasteiger partial charge in [0.15, 0.2) is 0 Å². The van der Waals surface area contributed by atoms with Crippen LogP contribution in [0.15, 0.2) is 30.3 Å². The van der Waals surface area contributed by atoms with Crippen molar-refractivity contribution in [3.05, 3.63) is 35.9 Å². The number of fused-ring (bicyclic) bond motifs is 1. The topological polar surface area (TPSA) is 55.8 Å². The Labute approximate surface area is 148 Å². The number of likely N-dealkylation sites (tertiary alicyclic amines) is 1. The van der Waals surface area contributed by atoms with Crippen molar-refractivity contribution in [2.24, 2.45) is 11.8 Å². The fourth-order valence-corrected chi connectivity index (χ4v) is 4.89. The maximum Gasteiger partial charge on any atom is 0.348 e. The third kappa shape index (κ3) is 2.32. The number of rotatable bonds is 4. The lowest BCUT2D eigenvalue weighted by Gasteiger charge is -2.46. The van der Waals surface area contributed by atoms with Crippen LogP contribution in [0, 0.1) is 11.8 Å². The van der Waals surface area contributed by atoms with Gasteiger partial charge in [0.2, 0.25) is 5.60 Å². The van der Waals surface area contributed by atoms with Gasteiger partial charge in [-0.15, -0.1) is 0 Å². The molecule has 2 aliphatic heterocycles. The van der Waals surface area contributed by atoms with Gasteiger partial charge < -0.3 is 14.4 Å². The Morgan fingerprint density at radius 1 is 1.28 bits per heavy atom. The highest BCUT2D eigenvalue weighted by molar-refractivity contribution is 6.08. The highest BCUT2D eigenvalue weighted by atomic mass is 16.6. The van der Waals surface area contributed by atoms with Gasteiger partial charge in [0, 0.05) is 18.9 Å². The summed E-state index contributed by atoms with van der Waals surface area (Å²) in [6.07, 6.45) is 3.35. The largest absolute Gasteiger partial charge is 0.463 e. The summed E-state index contributed by atoms with van der Waals surface area (Å²) in [5.74, 6) is -0.0647. The van der Waals surface area contributed by atoms with Gasteiger partial charge in [0.25, 0.3) is 5.91 Å². The lowest BCUT2D eigenvalue weighted by Crippen LogP contribution is -2.58. The van der Waals surface area contributed by atoms with E-state index in [4.69, 9.17) is 9.47 Å². The minimum absolute atomic E-state index is 0.203. The lowest BCUT2D eigenvalue weighted by atomic mass is 9.71. The molecule has 0 radical (unpaired) electrons. The Hall–Kier alpha value is -1.88. The number of hydrogen-bond donors (Lipinski definition) is 0. The molecule has 1 saturated carbocycles. The number of amides is 1. The highest BCUT2D eigenvalue weighted by Gasteiger charge is 2.74. The van der Waals surface area contributed by atoms with Crippen LogP contribution in [0.4, 0.5) is 0 Å². The summed E-state index contributed by atoms with van der Waals surface area (Å²) in [5, 5.41) is 0. The van der Waals surface area contributed by atoms with E-state index in [9.17, 15) is 9.59 Å². The molecular formula is C20H25NO4. The minimum atomic E-state index is -1.43. The standard InChI is InChI=1S/C20H25NO4/c1-3-24-18(23)19-12-16-10-9-14(2)11-20(16,25-19)21(17(19)22)13-15-7-5-4-6-8-15/h4-8,14,16H,3,9-13H2,1-2H3/t14-,16+,19-,20+/m0/s1. The maximum absolute atomic E-state index is 13.3. The monoisotopic (exact) mass is 343 g/mol. The van der Waals surface area contributed by atoms with Crippen LogP contribution < -0.4 is 0 Å². The predicted octanol–water partition coefficient (Wildman–Crippen LogP) is 2.88. The van der Waals surface area contributed by atoms with Gasteiger partial charge in [-0.25, -0.2) is 4.79 Å². The van der Waals surface area contributed by atoms with E-state index in [1.54, 1.807) is 6.92 Å². The van der Waals surface area contributed by atoms with Gasteiger partial charge in [-0.2, -0.15) is 0 Å². The molecule has 2 bridgehead atoms. The summed E-state index contributed by atoms with van der Waals surface area (Å²) in [6, 6.07) is 9.91. The first-order chi connectivity index (χ1) is 12.0. The van der Waals surface area contributed by atoms with E-state index in [0.717, 1.165) is 24.8 Å². The summed E-state index contributed by atoms with van der Waals surface area (Å²) >= 11 is 0. The molecule has 3 aliphatic rings. The van der Waals surface area contributed by atoms with Crippen molar-refractivity contribution in [1.29, 1.82) is 0 Å². The van der Waals surface area contributed by atoms with Gasteiger partial charge in [-0.1, -0.05) is 43.7 Å². The van der Waals surface area contributed by atoms with Crippen molar-refractivity contribution in [3.8, 4) is 0 Å². The molecule has 2 heterocycles. The zero-order valence-corrected chi connectivity index (χ0v) is 14.9. The second-order valence-corrected chi connectivity index (χ2v) is 7.66. The van der Waals surface area contributed by atoms with E-state index in [1.165, 1.54) is 0 Å². The molecule has 1 amide bonds. The number of piperidine rings is 1. The van der Waals surface area contributed by atoms with Crippen LogP contribution in [0.25, 0.3) is 0 Å². The minimum Gasteiger partial charge on any atom is -0.463 e. The molecule has 0 N–H and O–H groups in total. The van der Waals surface area contributed by atoms with E-state index < -0.39 is 17.3 Å². The van der Waals surface area contributed by atoms with Crippen LogP contribution in [0.5, 0.6) is 0 Å². The number of nitrogens with zero attached hydrogens (tertiary/aromatic N) is 1. The zero-order chi connectivity index (χ0) is 17.7. The Balaban J connectivity index is 1.73. The molecule has 5 heteroatoms. The van der Waals surface area contributed by atoms with Crippen molar-refractivity contribution >= 4 is 11.9 Å². The fraction of sp³-hybridized carbons (Fsp3) is 0.600. The van der Waals surface area contributed by atoms with Crippen molar-refractivity contribution in [3.63, 3.8) is 0 Å². The van der Waals surface area contributed by atoms with Gasteiger partial charge in [0.05, 0.1) is 6.61 Å². The van der Waals surface area contributed by atoms with Crippen LogP contribution in [0.1, 0.15) is 45.1 Å². The Kier molecular flexibility index (Phi) is 3.87. The number of benzene rings is 1. The summed E-state index contributed by atoms with van der Waals surface area (Å²) in [5.41, 5.74) is -1.03. The van der Waals surface area contributed by atoms with E-state index in [2.05, 4.69) is 6.92 Å². The number of carbonyl (C=O) groups is 2. The fourth-order valence-electron chi connectivity index (χ4n) is 4.89. The van der Waals surface area contributed by atoms with Gasteiger partial charge >= 0.3 is 5.97 Å². The Morgan fingerprint density at radius 2 is 2.04 bits per heavy atom. The van der Waals surface area contributed by atoms with Crippen LogP contribution in [0.2, 0.25) is 0 Å². The smallest absolute Gasteiger partial charge is 0.348 e. The quantitative estimate of drug-likeness (QED) is 0.623. The Morgan fingerprint density at radius 3 is 2.76 bits per heavy atom. The highest BCUT2D eigenvalue weighted by Crippen LogP contribution is 2.59. The molecule has 1 spiro atoms. The molecule has 134 valence electrons. The third-order valence-electron chi connectivity index (χ3n) is 6.01. The third-order valence-corrected chi connectivity index (χ3v) is 6.01. The first-order valence-corrected chi connectivity index (χ1v) is 9.25. The summed E-state index contributed by atoms with van der Waals surface area (Å²) in [4.78, 5) is 27.7. The average molecular weight is 343 g/mol. The van der Waals surface area contributed by atoms with Crippen molar-refractivity contribution < 1.29 is 19.1 Å². The predicted molar refractivity (Wildman–Crippen MR) is 91.3 cm³/mol. The molecule has 2 saturated heterocycles. The molecule has 0 unspecified atom stereocenters. The normalized spacial score (nSPS) is 36.4. The van der Waals surface area contributed by atoms with E-state index in [0.29, 0.717) is 18.9 Å². The molecule has 0 aromatic heterocycles. The van der Waals surface area contributed by atoms with E-state index >= 15 is 0 Å². The maximum atomic E-state index is 13.3. The van der Waals surface area contributed by atoms with Crippen molar-refractivity contribution in [1.82, 2.24) is 4.90 Å². The first-order valence-electron chi connectivity index (χ1n) is 9.25. The number of carbonyl (C=O) groups excluding carboxylic acids is 2. The SMILES string of the molecule is CCOC(=O)[C@@]12C[C@H]3CC[C@H](C)C[C@]3(O1)N(Cc1ccccc1)C2=O. The zero-order valence-electron chi connectivity index (χ0n) is 14.9. The summed E-state index contributed by atoms with van der Waals surface area (Å²) in [7, 11) is 0. The molecular weight excluding hydrogens is 318 g/mol. The summed E-state index contributed by atoms with van der Waals surface area (Å²) < 4.78 is 11.6. The number of ether oxygens (including phenoxy) is 2. The number of hydrogen-bond acceptors (Lipinski definition) is 4. The molecule has 1 aliphatic carbocycles. The molecule has 4 atom stereocenters. The average Bonchev–Trinajstić information content (AvgIpc) is 3.06. The molecule has 1 aromatic rings.